The maximum atomic E-state index is 12.2. The first-order chi connectivity index (χ1) is 24.7. The second-order valence-electron chi connectivity index (χ2n) is 14.4. The highest BCUT2D eigenvalue weighted by atomic mass is 16.6. The van der Waals surface area contributed by atoms with Crippen molar-refractivity contribution >= 4 is 5.97 Å². The standard InChI is InChI=1S/C46H84O4/c1-3-5-7-9-11-13-15-17-19-21-22-23-24-26-28-30-32-34-36-38-40-42-49-44-45(43-47)50-46(48)41-39-37-35-33-31-29-27-25-20-18-16-14-12-10-8-6-4-2/h6,8,12,14,18,20,27,29,45,47H,3-5,7,9-11,13,15-17,19,21-26,28,30-44H2,1-2H3/b8-6-,14-12-,20-18-,29-27-. The van der Waals surface area contributed by atoms with Crippen LogP contribution in [-0.4, -0.2) is 37.0 Å². The van der Waals surface area contributed by atoms with Crippen molar-refractivity contribution in [3.8, 4) is 0 Å². The van der Waals surface area contributed by atoms with E-state index in [2.05, 4.69) is 62.5 Å². The summed E-state index contributed by atoms with van der Waals surface area (Å²) in [6.45, 7) is 5.23. The van der Waals surface area contributed by atoms with Gasteiger partial charge < -0.3 is 14.6 Å². The van der Waals surface area contributed by atoms with Crippen molar-refractivity contribution in [2.24, 2.45) is 0 Å². The maximum absolute atomic E-state index is 12.2. The van der Waals surface area contributed by atoms with Gasteiger partial charge in [0.25, 0.3) is 0 Å². The Bertz CT molecular complexity index is 783. The Balaban J connectivity index is 3.43. The molecule has 0 fully saturated rings. The first-order valence-electron chi connectivity index (χ1n) is 21.7. The fourth-order valence-corrected chi connectivity index (χ4v) is 6.20. The van der Waals surface area contributed by atoms with Crippen LogP contribution in [0.3, 0.4) is 0 Å². The molecule has 0 aliphatic carbocycles. The second kappa shape index (κ2) is 43.5. The van der Waals surface area contributed by atoms with Crippen LogP contribution >= 0.6 is 0 Å². The molecule has 4 nitrogen and oxygen atoms in total. The lowest BCUT2D eigenvalue weighted by molar-refractivity contribution is -0.154. The Morgan fingerprint density at radius 2 is 0.900 bits per heavy atom. The molecule has 0 spiro atoms. The van der Waals surface area contributed by atoms with Gasteiger partial charge in [0.2, 0.25) is 0 Å². The lowest BCUT2D eigenvalue weighted by Crippen LogP contribution is -2.27. The Morgan fingerprint density at radius 1 is 0.500 bits per heavy atom. The molecule has 1 N–H and O–H groups in total. The first-order valence-corrected chi connectivity index (χ1v) is 21.7. The number of carbonyl (C=O) groups excluding carboxylic acids is 1. The van der Waals surface area contributed by atoms with E-state index < -0.39 is 6.10 Å². The molecular weight excluding hydrogens is 617 g/mol. The quantitative estimate of drug-likeness (QED) is 0.0393. The molecule has 0 aromatic carbocycles. The molecule has 0 saturated carbocycles. The van der Waals surface area contributed by atoms with E-state index in [1.165, 1.54) is 128 Å². The van der Waals surface area contributed by atoms with Crippen molar-refractivity contribution in [1.82, 2.24) is 0 Å². The summed E-state index contributed by atoms with van der Waals surface area (Å²) >= 11 is 0. The predicted molar refractivity (Wildman–Crippen MR) is 219 cm³/mol. The summed E-state index contributed by atoms with van der Waals surface area (Å²) in [5, 5.41) is 9.60. The fourth-order valence-electron chi connectivity index (χ4n) is 6.20. The van der Waals surface area contributed by atoms with Gasteiger partial charge in [-0.1, -0.05) is 204 Å². The Labute approximate surface area is 312 Å². The van der Waals surface area contributed by atoms with E-state index >= 15 is 0 Å². The molecule has 0 radical (unpaired) electrons. The van der Waals surface area contributed by atoms with Crippen LogP contribution in [0.25, 0.3) is 0 Å². The van der Waals surface area contributed by atoms with Crippen LogP contribution in [0.15, 0.2) is 48.6 Å². The summed E-state index contributed by atoms with van der Waals surface area (Å²) in [4.78, 5) is 12.2. The van der Waals surface area contributed by atoms with E-state index in [1.807, 2.05) is 0 Å². The molecule has 0 aromatic rings. The number of hydrogen-bond donors (Lipinski definition) is 1. The molecule has 0 amide bonds. The Morgan fingerprint density at radius 3 is 1.36 bits per heavy atom. The number of hydrogen-bond acceptors (Lipinski definition) is 4. The molecule has 1 atom stereocenters. The number of allylic oxidation sites excluding steroid dienone is 8. The van der Waals surface area contributed by atoms with Gasteiger partial charge in [-0.15, -0.1) is 0 Å². The highest BCUT2D eigenvalue weighted by Gasteiger charge is 2.13. The summed E-state index contributed by atoms with van der Waals surface area (Å²) in [5.74, 6) is -0.222. The summed E-state index contributed by atoms with van der Waals surface area (Å²) in [7, 11) is 0. The Hall–Kier alpha value is -1.65. The Kier molecular flexibility index (Phi) is 42.1. The zero-order chi connectivity index (χ0) is 36.3. The van der Waals surface area contributed by atoms with Crippen molar-refractivity contribution in [2.45, 2.75) is 219 Å². The lowest BCUT2D eigenvalue weighted by Gasteiger charge is -2.15. The molecule has 0 saturated heterocycles. The molecular formula is C46H84O4. The van der Waals surface area contributed by atoms with E-state index in [0.717, 1.165) is 64.2 Å². The molecule has 0 aliphatic rings. The van der Waals surface area contributed by atoms with Crippen molar-refractivity contribution in [1.29, 1.82) is 0 Å². The number of aliphatic hydroxyl groups excluding tert-OH is 1. The molecule has 1 unspecified atom stereocenters. The van der Waals surface area contributed by atoms with Crippen LogP contribution < -0.4 is 0 Å². The minimum Gasteiger partial charge on any atom is -0.457 e. The minimum absolute atomic E-state index is 0.181. The van der Waals surface area contributed by atoms with Gasteiger partial charge in [-0.25, -0.2) is 0 Å². The van der Waals surface area contributed by atoms with Gasteiger partial charge in [-0.2, -0.15) is 0 Å². The van der Waals surface area contributed by atoms with E-state index in [9.17, 15) is 9.90 Å². The van der Waals surface area contributed by atoms with Crippen LogP contribution in [-0.2, 0) is 14.3 Å². The van der Waals surface area contributed by atoms with Crippen molar-refractivity contribution in [3.63, 3.8) is 0 Å². The van der Waals surface area contributed by atoms with Gasteiger partial charge in [-0.05, 0) is 51.4 Å². The zero-order valence-corrected chi connectivity index (χ0v) is 33.4. The van der Waals surface area contributed by atoms with E-state index in [4.69, 9.17) is 9.47 Å². The third kappa shape index (κ3) is 40.8. The average molecular weight is 701 g/mol. The van der Waals surface area contributed by atoms with E-state index in [1.54, 1.807) is 0 Å². The third-order valence-electron chi connectivity index (χ3n) is 9.42. The van der Waals surface area contributed by atoms with Gasteiger partial charge in [0, 0.05) is 13.0 Å². The van der Waals surface area contributed by atoms with Crippen LogP contribution in [0.1, 0.15) is 213 Å². The van der Waals surface area contributed by atoms with Crippen LogP contribution in [0, 0.1) is 0 Å². The second-order valence-corrected chi connectivity index (χ2v) is 14.4. The average Bonchev–Trinajstić information content (AvgIpc) is 3.12. The number of esters is 1. The summed E-state index contributed by atoms with van der Waals surface area (Å²) < 4.78 is 11.2. The molecule has 0 aliphatic heterocycles. The predicted octanol–water partition coefficient (Wildman–Crippen LogP) is 14.3. The van der Waals surface area contributed by atoms with Gasteiger partial charge in [0.1, 0.15) is 6.10 Å². The smallest absolute Gasteiger partial charge is 0.306 e. The summed E-state index contributed by atoms with van der Waals surface area (Å²) in [6, 6.07) is 0. The van der Waals surface area contributed by atoms with Crippen LogP contribution in [0.5, 0.6) is 0 Å². The van der Waals surface area contributed by atoms with Gasteiger partial charge in [-0.3, -0.25) is 4.79 Å². The van der Waals surface area contributed by atoms with Crippen LogP contribution in [0.4, 0.5) is 0 Å². The molecule has 0 aromatic heterocycles. The van der Waals surface area contributed by atoms with Crippen molar-refractivity contribution in [2.75, 3.05) is 19.8 Å². The molecule has 0 rings (SSSR count). The monoisotopic (exact) mass is 701 g/mol. The number of aliphatic hydroxyl groups is 1. The lowest BCUT2D eigenvalue weighted by atomic mass is 10.0. The van der Waals surface area contributed by atoms with E-state index in [-0.39, 0.29) is 19.2 Å². The highest BCUT2D eigenvalue weighted by Crippen LogP contribution is 2.15. The molecule has 50 heavy (non-hydrogen) atoms. The first kappa shape index (κ1) is 48.3. The van der Waals surface area contributed by atoms with Crippen molar-refractivity contribution in [3.05, 3.63) is 48.6 Å². The number of carbonyl (C=O) groups is 1. The van der Waals surface area contributed by atoms with Gasteiger partial charge in [0.05, 0.1) is 13.2 Å². The SMILES string of the molecule is CC/C=C\C/C=C\C/C=C\C/C=C\CCCCCCC(=O)OC(CO)COCCCCCCCCCCCCCCCCCCCCCCC. The fraction of sp³-hybridized carbons (Fsp3) is 0.804. The van der Waals surface area contributed by atoms with Gasteiger partial charge in [0.15, 0.2) is 0 Å². The highest BCUT2D eigenvalue weighted by molar-refractivity contribution is 5.69. The molecule has 0 heterocycles. The minimum atomic E-state index is -0.546. The van der Waals surface area contributed by atoms with Crippen molar-refractivity contribution < 1.29 is 19.4 Å². The zero-order valence-electron chi connectivity index (χ0n) is 33.4. The third-order valence-corrected chi connectivity index (χ3v) is 9.42. The number of rotatable bonds is 40. The van der Waals surface area contributed by atoms with Crippen LogP contribution in [0.2, 0.25) is 0 Å². The number of unbranched alkanes of at least 4 members (excludes halogenated alkanes) is 24. The normalized spacial score (nSPS) is 12.8. The van der Waals surface area contributed by atoms with E-state index in [0.29, 0.717) is 13.0 Å². The number of ether oxygens (including phenoxy) is 2. The summed E-state index contributed by atoms with van der Waals surface area (Å²) in [5.41, 5.74) is 0. The summed E-state index contributed by atoms with van der Waals surface area (Å²) in [6.07, 6.45) is 56.0. The topological polar surface area (TPSA) is 55.8 Å². The maximum Gasteiger partial charge on any atom is 0.306 e. The molecule has 292 valence electrons. The largest absolute Gasteiger partial charge is 0.457 e. The molecule has 0 bridgehead atoms. The molecule has 4 heteroatoms. The van der Waals surface area contributed by atoms with Gasteiger partial charge >= 0.3 is 5.97 Å².